The zero-order valence-corrected chi connectivity index (χ0v) is 8.97. The summed E-state index contributed by atoms with van der Waals surface area (Å²) < 4.78 is 1.82. The molecule has 0 unspecified atom stereocenters. The van der Waals surface area contributed by atoms with Gasteiger partial charge in [-0.2, -0.15) is 4.79 Å². The van der Waals surface area contributed by atoms with E-state index in [1.54, 1.807) is 6.07 Å². The Bertz CT molecular complexity index is 536. The molecule has 0 spiro atoms. The molecule has 0 aliphatic rings. The van der Waals surface area contributed by atoms with Gasteiger partial charge >= 0.3 is 0 Å². The van der Waals surface area contributed by atoms with Crippen LogP contribution in [0.1, 0.15) is 13.8 Å². The minimum atomic E-state index is -0.133. The fourth-order valence-corrected chi connectivity index (χ4v) is 1.76. The summed E-state index contributed by atoms with van der Waals surface area (Å²) in [6.45, 7) is 4.94. The SMILES string of the molecule is CC(C)Cn1c2ccccc2c(=O)n1N. The molecule has 2 rings (SSSR count). The lowest BCUT2D eigenvalue weighted by molar-refractivity contribution is 0.448. The van der Waals surface area contributed by atoms with E-state index in [2.05, 4.69) is 13.8 Å². The van der Waals surface area contributed by atoms with Crippen LogP contribution in [0.25, 0.3) is 10.9 Å². The van der Waals surface area contributed by atoms with Crippen molar-refractivity contribution in [1.29, 1.82) is 0 Å². The zero-order valence-electron chi connectivity index (χ0n) is 8.97. The Morgan fingerprint density at radius 3 is 2.67 bits per heavy atom. The van der Waals surface area contributed by atoms with Gasteiger partial charge in [-0.1, -0.05) is 26.0 Å². The maximum absolute atomic E-state index is 11.7. The van der Waals surface area contributed by atoms with Crippen LogP contribution in [0.5, 0.6) is 0 Å². The van der Waals surface area contributed by atoms with Crippen molar-refractivity contribution in [1.82, 2.24) is 9.47 Å². The fourth-order valence-electron chi connectivity index (χ4n) is 1.76. The summed E-state index contributed by atoms with van der Waals surface area (Å²) in [7, 11) is 0. The van der Waals surface area contributed by atoms with Gasteiger partial charge in [0.15, 0.2) is 0 Å². The molecule has 15 heavy (non-hydrogen) atoms. The van der Waals surface area contributed by atoms with Crippen molar-refractivity contribution in [2.45, 2.75) is 20.4 Å². The van der Waals surface area contributed by atoms with Crippen LogP contribution in [0.3, 0.4) is 0 Å². The molecule has 2 N–H and O–H groups in total. The average Bonchev–Trinajstić information content (AvgIpc) is 2.44. The number of aromatic nitrogens is 2. The highest BCUT2D eigenvalue weighted by Gasteiger charge is 2.10. The number of fused-ring (bicyclic) bond motifs is 1. The first-order chi connectivity index (χ1) is 7.11. The summed E-state index contributed by atoms with van der Waals surface area (Å²) in [6, 6.07) is 7.49. The third-order valence-corrected chi connectivity index (χ3v) is 2.42. The Morgan fingerprint density at radius 2 is 2.00 bits per heavy atom. The topological polar surface area (TPSA) is 53.0 Å². The summed E-state index contributed by atoms with van der Waals surface area (Å²) in [5, 5.41) is 0.681. The molecule has 1 aromatic carbocycles. The lowest BCUT2D eigenvalue weighted by atomic mass is 10.2. The van der Waals surface area contributed by atoms with E-state index in [9.17, 15) is 4.79 Å². The van der Waals surface area contributed by atoms with E-state index in [1.807, 2.05) is 22.9 Å². The van der Waals surface area contributed by atoms with Gasteiger partial charge < -0.3 is 5.84 Å². The predicted octanol–water partition coefficient (Wildman–Crippen LogP) is 1.17. The van der Waals surface area contributed by atoms with Gasteiger partial charge in [0.2, 0.25) is 0 Å². The zero-order chi connectivity index (χ0) is 11.0. The molecule has 80 valence electrons. The minimum absolute atomic E-state index is 0.133. The van der Waals surface area contributed by atoms with E-state index in [1.165, 1.54) is 4.79 Å². The van der Waals surface area contributed by atoms with Crippen molar-refractivity contribution in [3.8, 4) is 0 Å². The first-order valence-electron chi connectivity index (χ1n) is 5.07. The largest absolute Gasteiger partial charge is 0.321 e. The van der Waals surface area contributed by atoms with Crippen LogP contribution in [0.4, 0.5) is 0 Å². The molecule has 0 aliphatic carbocycles. The van der Waals surface area contributed by atoms with Gasteiger partial charge in [0.05, 0.1) is 10.9 Å². The molecule has 0 bridgehead atoms. The van der Waals surface area contributed by atoms with Gasteiger partial charge in [-0.3, -0.25) is 9.48 Å². The smallest absolute Gasteiger partial charge is 0.293 e. The molecule has 0 atom stereocenters. The van der Waals surface area contributed by atoms with Gasteiger partial charge in [0, 0.05) is 6.54 Å². The lowest BCUT2D eigenvalue weighted by Gasteiger charge is -2.10. The Kier molecular flexibility index (Phi) is 2.26. The van der Waals surface area contributed by atoms with Gasteiger partial charge in [-0.15, -0.1) is 0 Å². The average molecular weight is 205 g/mol. The van der Waals surface area contributed by atoms with Gasteiger partial charge in [-0.25, -0.2) is 0 Å². The summed E-state index contributed by atoms with van der Waals surface area (Å²) in [4.78, 5) is 12.9. The van der Waals surface area contributed by atoms with Crippen molar-refractivity contribution in [3.63, 3.8) is 0 Å². The summed E-state index contributed by atoms with van der Waals surface area (Å²) in [5.41, 5.74) is 0.768. The normalized spacial score (nSPS) is 11.4. The number of hydrogen-bond acceptors (Lipinski definition) is 2. The van der Waals surface area contributed by atoms with Gasteiger partial charge in [-0.05, 0) is 18.1 Å². The highest BCUT2D eigenvalue weighted by molar-refractivity contribution is 5.78. The number of para-hydroxylation sites is 1. The first kappa shape index (κ1) is 9.83. The molecule has 1 aromatic heterocycles. The number of hydrogen-bond donors (Lipinski definition) is 1. The summed E-state index contributed by atoms with van der Waals surface area (Å²) in [5.74, 6) is 6.18. The van der Waals surface area contributed by atoms with Crippen molar-refractivity contribution < 1.29 is 0 Å². The standard InChI is InChI=1S/C11H15N3O/c1-8(2)7-13-10-6-4-3-5-9(10)11(15)14(13)12/h3-6,8H,7,12H2,1-2H3. The lowest BCUT2D eigenvalue weighted by Crippen LogP contribution is -2.31. The number of nitrogens with zero attached hydrogens (tertiary/aromatic N) is 2. The Labute approximate surface area is 87.9 Å². The Hall–Kier alpha value is -1.71. The predicted molar refractivity (Wildman–Crippen MR) is 61.2 cm³/mol. The molecule has 0 saturated heterocycles. The maximum atomic E-state index is 11.7. The van der Waals surface area contributed by atoms with E-state index < -0.39 is 0 Å². The Morgan fingerprint density at radius 1 is 1.33 bits per heavy atom. The van der Waals surface area contributed by atoms with Crippen LogP contribution in [0, 0.1) is 5.92 Å². The van der Waals surface area contributed by atoms with Crippen molar-refractivity contribution in [2.75, 3.05) is 5.84 Å². The molecular weight excluding hydrogens is 190 g/mol. The molecule has 4 heteroatoms. The van der Waals surface area contributed by atoms with E-state index in [0.717, 1.165) is 12.1 Å². The van der Waals surface area contributed by atoms with Crippen LogP contribution in [0.15, 0.2) is 29.1 Å². The van der Waals surface area contributed by atoms with Gasteiger partial charge in [0.1, 0.15) is 0 Å². The van der Waals surface area contributed by atoms with E-state index in [-0.39, 0.29) is 5.56 Å². The van der Waals surface area contributed by atoms with Crippen LogP contribution in [-0.2, 0) is 6.54 Å². The maximum Gasteiger partial charge on any atom is 0.293 e. The van der Waals surface area contributed by atoms with E-state index in [4.69, 9.17) is 5.84 Å². The van der Waals surface area contributed by atoms with E-state index >= 15 is 0 Å². The molecule has 0 amide bonds. The molecular formula is C11H15N3O. The number of rotatable bonds is 2. The number of nitrogens with two attached hydrogens (primary N) is 1. The van der Waals surface area contributed by atoms with Crippen molar-refractivity contribution in [2.24, 2.45) is 5.92 Å². The Balaban J connectivity index is 2.72. The van der Waals surface area contributed by atoms with Crippen LogP contribution < -0.4 is 11.4 Å². The second-order valence-corrected chi connectivity index (χ2v) is 4.14. The third-order valence-electron chi connectivity index (χ3n) is 2.42. The van der Waals surface area contributed by atoms with Gasteiger partial charge in [0.25, 0.3) is 5.56 Å². The summed E-state index contributed by atoms with van der Waals surface area (Å²) in [6.07, 6.45) is 0. The molecule has 1 heterocycles. The minimum Gasteiger partial charge on any atom is -0.321 e. The monoisotopic (exact) mass is 205 g/mol. The molecule has 0 fully saturated rings. The van der Waals surface area contributed by atoms with Crippen LogP contribution >= 0.6 is 0 Å². The number of benzene rings is 1. The van der Waals surface area contributed by atoms with Crippen molar-refractivity contribution >= 4 is 10.9 Å². The van der Waals surface area contributed by atoms with Crippen LogP contribution in [0.2, 0.25) is 0 Å². The highest BCUT2D eigenvalue weighted by atomic mass is 16.1. The number of nitrogen functional groups attached to an aromatic ring is 1. The second-order valence-electron chi connectivity index (χ2n) is 4.14. The fraction of sp³-hybridized carbons (Fsp3) is 0.364. The third kappa shape index (κ3) is 1.52. The highest BCUT2D eigenvalue weighted by Crippen LogP contribution is 2.11. The second kappa shape index (κ2) is 3.46. The molecule has 0 radical (unpaired) electrons. The molecule has 4 nitrogen and oxygen atoms in total. The van der Waals surface area contributed by atoms with E-state index in [0.29, 0.717) is 11.3 Å². The molecule has 0 saturated carbocycles. The van der Waals surface area contributed by atoms with Crippen LogP contribution in [-0.4, -0.2) is 9.47 Å². The molecule has 2 aromatic rings. The van der Waals surface area contributed by atoms with Crippen molar-refractivity contribution in [3.05, 3.63) is 34.6 Å². The first-order valence-corrected chi connectivity index (χ1v) is 5.07. The summed E-state index contributed by atoms with van der Waals surface area (Å²) >= 11 is 0. The molecule has 0 aliphatic heterocycles. The quantitative estimate of drug-likeness (QED) is 0.748.